The molecule has 34 heavy (non-hydrogen) atoms. The summed E-state index contributed by atoms with van der Waals surface area (Å²) in [6.07, 6.45) is 4.47. The van der Waals surface area contributed by atoms with Gasteiger partial charge in [0.15, 0.2) is 5.82 Å². The highest BCUT2D eigenvalue weighted by Gasteiger charge is 2.29. The van der Waals surface area contributed by atoms with Crippen molar-refractivity contribution in [3.05, 3.63) is 54.0 Å². The normalized spacial score (nSPS) is 15.6. The van der Waals surface area contributed by atoms with Crippen LogP contribution < -0.4 is 20.4 Å². The third-order valence-electron chi connectivity index (χ3n) is 5.86. The minimum absolute atomic E-state index is 0.224. The molecule has 0 bridgehead atoms. The second-order valence-corrected chi connectivity index (χ2v) is 8.22. The van der Waals surface area contributed by atoms with Gasteiger partial charge < -0.3 is 25.2 Å². The number of aromatic nitrogens is 4. The van der Waals surface area contributed by atoms with E-state index in [1.165, 1.54) is 0 Å². The fraction of sp³-hybridized carbons (Fsp3) is 0.375. The summed E-state index contributed by atoms with van der Waals surface area (Å²) in [6.45, 7) is 6.88. The molecule has 2 N–H and O–H groups in total. The van der Waals surface area contributed by atoms with E-state index >= 15 is 0 Å². The topological polar surface area (TPSA) is 108 Å². The number of carbonyl (C=O) groups excluding carboxylic acids is 1. The van der Waals surface area contributed by atoms with Gasteiger partial charge in [0, 0.05) is 55.4 Å². The molecule has 2 aliphatic rings. The zero-order valence-corrected chi connectivity index (χ0v) is 19.2. The average Bonchev–Trinajstić information content (AvgIpc) is 3.11. The van der Waals surface area contributed by atoms with Crippen LogP contribution in [0.4, 0.5) is 22.2 Å². The molecular weight excluding hydrogens is 432 g/mol. The predicted molar refractivity (Wildman–Crippen MR) is 130 cm³/mol. The van der Waals surface area contributed by atoms with Crippen molar-refractivity contribution in [3.8, 4) is 11.4 Å². The molecule has 1 aromatic carbocycles. The molecule has 5 rings (SSSR count). The Balaban J connectivity index is 1.47. The second kappa shape index (κ2) is 10.0. The van der Waals surface area contributed by atoms with Crippen LogP contribution in [0.15, 0.2) is 42.7 Å². The minimum Gasteiger partial charge on any atom is -0.380 e. The maximum Gasteiger partial charge on any atom is 0.319 e. The number of amides is 2. The lowest BCUT2D eigenvalue weighted by atomic mass is 10.1. The smallest absolute Gasteiger partial charge is 0.319 e. The molecule has 3 aromatic rings. The lowest BCUT2D eigenvalue weighted by Gasteiger charge is -2.24. The van der Waals surface area contributed by atoms with Gasteiger partial charge in [0.1, 0.15) is 5.82 Å². The summed E-state index contributed by atoms with van der Waals surface area (Å²) >= 11 is 0. The van der Waals surface area contributed by atoms with Crippen LogP contribution in [-0.4, -0.2) is 58.8 Å². The van der Waals surface area contributed by atoms with Gasteiger partial charge in [-0.15, -0.1) is 0 Å². The van der Waals surface area contributed by atoms with Crippen molar-refractivity contribution in [1.82, 2.24) is 25.3 Å². The summed E-state index contributed by atoms with van der Waals surface area (Å²) in [7, 11) is 0. The van der Waals surface area contributed by atoms with Crippen LogP contribution in [0.3, 0.4) is 0 Å². The van der Waals surface area contributed by atoms with Gasteiger partial charge in [-0.1, -0.05) is 0 Å². The van der Waals surface area contributed by atoms with Crippen LogP contribution in [0, 0.1) is 0 Å². The first-order valence-corrected chi connectivity index (χ1v) is 11.6. The number of nitrogens with one attached hydrogen (secondary N) is 2. The molecule has 176 valence electrons. The largest absolute Gasteiger partial charge is 0.380 e. The zero-order valence-electron chi connectivity index (χ0n) is 19.2. The molecule has 2 amide bonds. The van der Waals surface area contributed by atoms with Crippen molar-refractivity contribution < 1.29 is 9.53 Å². The van der Waals surface area contributed by atoms with E-state index in [-0.39, 0.29) is 6.03 Å². The summed E-state index contributed by atoms with van der Waals surface area (Å²) in [5.41, 5.74) is 3.72. The molecule has 0 atom stereocenters. The predicted octanol–water partition coefficient (Wildman–Crippen LogP) is 2.82. The van der Waals surface area contributed by atoms with Crippen molar-refractivity contribution in [3.63, 3.8) is 0 Å². The maximum atomic E-state index is 11.8. The Morgan fingerprint density at radius 3 is 2.65 bits per heavy atom. The third-order valence-corrected chi connectivity index (χ3v) is 5.86. The summed E-state index contributed by atoms with van der Waals surface area (Å²) in [5.74, 6) is 2.31. The SMILES string of the molecule is CCNC(=O)Nc1ccc(-c2nc3c(c(N4CCCOCC4)n2)CN(c2ncccn2)C3)cc1. The fourth-order valence-electron chi connectivity index (χ4n) is 4.22. The third kappa shape index (κ3) is 4.76. The molecule has 0 unspecified atom stereocenters. The Morgan fingerprint density at radius 2 is 1.85 bits per heavy atom. The van der Waals surface area contributed by atoms with Crippen LogP contribution in [0.1, 0.15) is 24.6 Å². The number of carbonyl (C=O) groups is 1. The van der Waals surface area contributed by atoms with Gasteiger partial charge in [-0.25, -0.2) is 24.7 Å². The molecular formula is C24H28N8O2. The molecule has 10 nitrogen and oxygen atoms in total. The Labute approximate surface area is 198 Å². The molecule has 2 aliphatic heterocycles. The Morgan fingerprint density at radius 1 is 1.03 bits per heavy atom. The highest BCUT2D eigenvalue weighted by Crippen LogP contribution is 2.33. The van der Waals surface area contributed by atoms with Gasteiger partial charge in [-0.2, -0.15) is 0 Å². The second-order valence-electron chi connectivity index (χ2n) is 8.22. The van der Waals surface area contributed by atoms with Gasteiger partial charge in [0.05, 0.1) is 25.4 Å². The maximum absolute atomic E-state index is 11.8. The molecule has 4 heterocycles. The van der Waals surface area contributed by atoms with Crippen LogP contribution in [-0.2, 0) is 17.8 Å². The molecule has 0 radical (unpaired) electrons. The average molecular weight is 461 g/mol. The van der Waals surface area contributed by atoms with E-state index in [9.17, 15) is 4.79 Å². The summed E-state index contributed by atoms with van der Waals surface area (Å²) < 4.78 is 5.68. The van der Waals surface area contributed by atoms with E-state index in [2.05, 4.69) is 30.4 Å². The first kappa shape index (κ1) is 22.0. The van der Waals surface area contributed by atoms with E-state index in [1.54, 1.807) is 12.4 Å². The lowest BCUT2D eigenvalue weighted by Crippen LogP contribution is -2.28. The van der Waals surface area contributed by atoms with E-state index in [0.717, 1.165) is 48.8 Å². The number of rotatable bonds is 5. The highest BCUT2D eigenvalue weighted by atomic mass is 16.5. The zero-order chi connectivity index (χ0) is 23.3. The Bertz CT molecular complexity index is 1130. The number of benzene rings is 1. The van der Waals surface area contributed by atoms with Crippen molar-refractivity contribution in [1.29, 1.82) is 0 Å². The van der Waals surface area contributed by atoms with Crippen LogP contribution >= 0.6 is 0 Å². The van der Waals surface area contributed by atoms with E-state index in [0.29, 0.717) is 43.7 Å². The van der Waals surface area contributed by atoms with Gasteiger partial charge in [-0.05, 0) is 43.7 Å². The number of hydrogen-bond acceptors (Lipinski definition) is 8. The van der Waals surface area contributed by atoms with Crippen molar-refractivity contribution in [2.45, 2.75) is 26.4 Å². The first-order valence-electron chi connectivity index (χ1n) is 11.6. The molecule has 1 fully saturated rings. The summed E-state index contributed by atoms with van der Waals surface area (Å²) in [6, 6.07) is 9.20. The Kier molecular flexibility index (Phi) is 6.48. The van der Waals surface area contributed by atoms with Crippen molar-refractivity contribution >= 4 is 23.5 Å². The van der Waals surface area contributed by atoms with E-state index < -0.39 is 0 Å². The number of anilines is 3. The number of urea groups is 1. The molecule has 2 aromatic heterocycles. The lowest BCUT2D eigenvalue weighted by molar-refractivity contribution is 0.152. The molecule has 0 aliphatic carbocycles. The van der Waals surface area contributed by atoms with Crippen LogP contribution in [0.5, 0.6) is 0 Å². The number of ether oxygens (including phenoxy) is 1. The molecule has 10 heteroatoms. The molecule has 0 spiro atoms. The summed E-state index contributed by atoms with van der Waals surface area (Å²) in [5, 5.41) is 5.55. The van der Waals surface area contributed by atoms with Crippen LogP contribution in [0.25, 0.3) is 11.4 Å². The van der Waals surface area contributed by atoms with E-state index in [4.69, 9.17) is 14.7 Å². The van der Waals surface area contributed by atoms with Gasteiger partial charge >= 0.3 is 6.03 Å². The number of nitrogens with zero attached hydrogens (tertiary/aromatic N) is 6. The van der Waals surface area contributed by atoms with Crippen LogP contribution in [0.2, 0.25) is 0 Å². The standard InChI is InChI=1S/C24H28N8O2/c1-2-25-24(33)28-18-7-5-17(6-8-18)21-29-20-16-32(23-26-9-3-10-27-23)15-19(20)22(30-21)31-11-4-13-34-14-12-31/h3,5-10H,2,4,11-16H2,1H3,(H2,25,28,33). The van der Waals surface area contributed by atoms with Gasteiger partial charge in [0.2, 0.25) is 5.95 Å². The Hall–Kier alpha value is -3.79. The van der Waals surface area contributed by atoms with Crippen molar-refractivity contribution in [2.75, 3.05) is 48.0 Å². The van der Waals surface area contributed by atoms with Gasteiger partial charge in [0.25, 0.3) is 0 Å². The van der Waals surface area contributed by atoms with Gasteiger partial charge in [-0.3, -0.25) is 0 Å². The number of fused-ring (bicyclic) bond motifs is 1. The minimum atomic E-state index is -0.224. The summed E-state index contributed by atoms with van der Waals surface area (Å²) in [4.78, 5) is 35.0. The monoisotopic (exact) mass is 460 g/mol. The number of hydrogen-bond donors (Lipinski definition) is 2. The quantitative estimate of drug-likeness (QED) is 0.598. The molecule has 0 saturated carbocycles. The molecule has 1 saturated heterocycles. The van der Waals surface area contributed by atoms with E-state index in [1.807, 2.05) is 37.3 Å². The van der Waals surface area contributed by atoms with Crippen molar-refractivity contribution in [2.24, 2.45) is 0 Å². The first-order chi connectivity index (χ1) is 16.7. The highest BCUT2D eigenvalue weighted by molar-refractivity contribution is 5.89. The fourth-order valence-corrected chi connectivity index (χ4v) is 4.22.